The van der Waals surface area contributed by atoms with Crippen molar-refractivity contribution in [3.63, 3.8) is 0 Å². The van der Waals surface area contributed by atoms with Gasteiger partial charge in [0.1, 0.15) is 0 Å². The topological polar surface area (TPSA) is 69.9 Å². The van der Waals surface area contributed by atoms with Crippen molar-refractivity contribution in [2.24, 2.45) is 10.4 Å². The van der Waals surface area contributed by atoms with E-state index in [9.17, 15) is 4.79 Å². The van der Waals surface area contributed by atoms with Crippen molar-refractivity contribution in [2.45, 2.75) is 39.8 Å². The molecule has 7 heteroatoms. The third-order valence-electron chi connectivity index (χ3n) is 5.76. The fourth-order valence-corrected chi connectivity index (χ4v) is 3.18. The molecule has 2 N–H and O–H groups in total. The number of hydrogen-bond acceptors (Lipinski definition) is 3. The highest BCUT2D eigenvalue weighted by atomic mass is 127. The van der Waals surface area contributed by atoms with Crippen molar-refractivity contribution in [1.82, 2.24) is 10.2 Å². The number of aliphatic imine (C=N–C) groups is 1. The van der Waals surface area contributed by atoms with Gasteiger partial charge < -0.3 is 20.0 Å². The molecule has 0 radical (unpaired) electrons. The summed E-state index contributed by atoms with van der Waals surface area (Å²) in [5.74, 6) is 0.952. The summed E-state index contributed by atoms with van der Waals surface area (Å²) in [5, 5.41) is 6.26. The SMILES string of the molecule is CN=C(NCc1ccc(NC(=O)c2ccco2)cc1)N1CC(C)(C)C1(C)C.I. The molecule has 152 valence electrons. The van der Waals surface area contributed by atoms with Crippen molar-refractivity contribution in [2.75, 3.05) is 18.9 Å². The minimum absolute atomic E-state index is 0. The molecule has 0 aliphatic carbocycles. The van der Waals surface area contributed by atoms with Crippen LogP contribution in [0.2, 0.25) is 0 Å². The first-order valence-electron chi connectivity index (χ1n) is 9.17. The van der Waals surface area contributed by atoms with Crippen LogP contribution in [0.5, 0.6) is 0 Å². The molecule has 6 nitrogen and oxygen atoms in total. The second kappa shape index (κ2) is 8.55. The number of carbonyl (C=O) groups is 1. The molecule has 0 bridgehead atoms. The molecule has 1 aliphatic heterocycles. The molecule has 1 saturated heterocycles. The quantitative estimate of drug-likeness (QED) is 0.375. The Morgan fingerprint density at radius 1 is 1.18 bits per heavy atom. The summed E-state index contributed by atoms with van der Waals surface area (Å²) in [6.07, 6.45) is 1.48. The number of amides is 1. The molecule has 2 aromatic rings. The van der Waals surface area contributed by atoms with Gasteiger partial charge in [0.15, 0.2) is 11.7 Å². The van der Waals surface area contributed by atoms with Crippen molar-refractivity contribution in [3.05, 3.63) is 54.0 Å². The third-order valence-corrected chi connectivity index (χ3v) is 5.76. The van der Waals surface area contributed by atoms with E-state index in [2.05, 4.69) is 48.2 Å². The van der Waals surface area contributed by atoms with E-state index >= 15 is 0 Å². The minimum atomic E-state index is -0.256. The van der Waals surface area contributed by atoms with Crippen LogP contribution >= 0.6 is 24.0 Å². The molecule has 0 unspecified atom stereocenters. The van der Waals surface area contributed by atoms with Gasteiger partial charge >= 0.3 is 0 Å². The standard InChI is InChI=1S/C21H28N4O2.HI/c1-20(2)14-25(21(20,3)4)19(22-5)23-13-15-8-10-16(11-9-15)24-18(26)17-7-6-12-27-17;/h6-12H,13-14H2,1-5H3,(H,22,23)(H,24,26);1H. The summed E-state index contributed by atoms with van der Waals surface area (Å²) in [4.78, 5) is 18.7. The van der Waals surface area contributed by atoms with Gasteiger partial charge in [-0.2, -0.15) is 0 Å². The molecule has 0 spiro atoms. The average molecular weight is 496 g/mol. The molecule has 1 amide bonds. The third kappa shape index (κ3) is 4.34. The number of benzene rings is 1. The Labute approximate surface area is 183 Å². The summed E-state index contributed by atoms with van der Waals surface area (Å²) < 4.78 is 5.10. The van der Waals surface area contributed by atoms with Crippen LogP contribution in [0.15, 0.2) is 52.1 Å². The van der Waals surface area contributed by atoms with Crippen molar-refractivity contribution in [3.8, 4) is 0 Å². The molecule has 28 heavy (non-hydrogen) atoms. The van der Waals surface area contributed by atoms with Crippen LogP contribution < -0.4 is 10.6 Å². The summed E-state index contributed by atoms with van der Waals surface area (Å²) in [6.45, 7) is 10.7. The maximum absolute atomic E-state index is 12.0. The summed E-state index contributed by atoms with van der Waals surface area (Å²) >= 11 is 0. The zero-order chi connectivity index (χ0) is 19.7. The smallest absolute Gasteiger partial charge is 0.291 e. The molecule has 3 rings (SSSR count). The summed E-state index contributed by atoms with van der Waals surface area (Å²) in [5.41, 5.74) is 2.17. The Morgan fingerprint density at radius 3 is 2.36 bits per heavy atom. The first-order valence-corrected chi connectivity index (χ1v) is 9.17. The highest BCUT2D eigenvalue weighted by Crippen LogP contribution is 2.46. The number of halogens is 1. The van der Waals surface area contributed by atoms with E-state index in [1.165, 1.54) is 6.26 Å². The monoisotopic (exact) mass is 496 g/mol. The van der Waals surface area contributed by atoms with Gasteiger partial charge in [0.05, 0.1) is 6.26 Å². The second-order valence-corrected chi connectivity index (χ2v) is 8.06. The highest BCUT2D eigenvalue weighted by molar-refractivity contribution is 14.0. The normalized spacial score (nSPS) is 17.3. The summed E-state index contributed by atoms with van der Waals surface area (Å²) in [6, 6.07) is 11.1. The minimum Gasteiger partial charge on any atom is -0.459 e. The van der Waals surface area contributed by atoms with Gasteiger partial charge in [-0.15, -0.1) is 24.0 Å². The molecule has 0 saturated carbocycles. The van der Waals surface area contributed by atoms with Gasteiger partial charge in [-0.3, -0.25) is 9.79 Å². The fourth-order valence-electron chi connectivity index (χ4n) is 3.18. The Morgan fingerprint density at radius 2 is 1.86 bits per heavy atom. The number of anilines is 1. The highest BCUT2D eigenvalue weighted by Gasteiger charge is 2.53. The van der Waals surface area contributed by atoms with E-state index in [1.807, 2.05) is 31.3 Å². The lowest BCUT2D eigenvalue weighted by molar-refractivity contribution is -0.0667. The largest absolute Gasteiger partial charge is 0.459 e. The van der Waals surface area contributed by atoms with Crippen LogP contribution in [-0.4, -0.2) is 35.9 Å². The molecular formula is C21H29IN4O2. The molecule has 1 fully saturated rings. The average Bonchev–Trinajstić information content (AvgIpc) is 3.17. The van der Waals surface area contributed by atoms with E-state index in [1.54, 1.807) is 12.1 Å². The second-order valence-electron chi connectivity index (χ2n) is 8.06. The predicted molar refractivity (Wildman–Crippen MR) is 123 cm³/mol. The van der Waals surface area contributed by atoms with Crippen molar-refractivity contribution < 1.29 is 9.21 Å². The number of nitrogens with one attached hydrogen (secondary N) is 2. The number of likely N-dealkylation sites (tertiary alicyclic amines) is 1. The maximum atomic E-state index is 12.0. The van der Waals surface area contributed by atoms with Crippen molar-refractivity contribution in [1.29, 1.82) is 0 Å². The van der Waals surface area contributed by atoms with Gasteiger partial charge in [-0.05, 0) is 43.7 Å². The lowest BCUT2D eigenvalue weighted by Gasteiger charge is -2.62. The zero-order valence-corrected chi connectivity index (χ0v) is 19.4. The van der Waals surface area contributed by atoms with E-state index in [4.69, 9.17) is 4.42 Å². The molecular weight excluding hydrogens is 467 g/mol. The molecule has 1 aromatic heterocycles. The molecule has 1 aromatic carbocycles. The molecule has 2 heterocycles. The Balaban J connectivity index is 0.00000280. The lowest BCUT2D eigenvalue weighted by Crippen LogP contribution is -2.72. The van der Waals surface area contributed by atoms with Crippen LogP contribution in [-0.2, 0) is 6.54 Å². The van der Waals surface area contributed by atoms with E-state index in [-0.39, 0.29) is 40.8 Å². The van der Waals surface area contributed by atoms with E-state index < -0.39 is 0 Å². The van der Waals surface area contributed by atoms with Gasteiger partial charge in [0, 0.05) is 36.8 Å². The van der Waals surface area contributed by atoms with Crippen LogP contribution in [0, 0.1) is 5.41 Å². The van der Waals surface area contributed by atoms with E-state index in [0.29, 0.717) is 12.3 Å². The summed E-state index contributed by atoms with van der Waals surface area (Å²) in [7, 11) is 1.82. The predicted octanol–water partition coefficient (Wildman–Crippen LogP) is 4.35. The van der Waals surface area contributed by atoms with Crippen LogP contribution in [0.3, 0.4) is 0 Å². The molecule has 1 aliphatic rings. The van der Waals surface area contributed by atoms with Gasteiger partial charge in [-0.1, -0.05) is 26.0 Å². The lowest BCUT2D eigenvalue weighted by atomic mass is 9.65. The van der Waals surface area contributed by atoms with Gasteiger partial charge in [0.2, 0.25) is 0 Å². The van der Waals surface area contributed by atoms with Crippen molar-refractivity contribution >= 4 is 41.5 Å². The van der Waals surface area contributed by atoms with E-state index in [0.717, 1.165) is 23.8 Å². The van der Waals surface area contributed by atoms with Gasteiger partial charge in [-0.25, -0.2) is 0 Å². The number of rotatable bonds is 4. The maximum Gasteiger partial charge on any atom is 0.291 e. The number of nitrogens with zero attached hydrogens (tertiary/aromatic N) is 2. The van der Waals surface area contributed by atoms with Crippen LogP contribution in [0.4, 0.5) is 5.69 Å². The zero-order valence-electron chi connectivity index (χ0n) is 17.1. The first kappa shape index (κ1) is 22.3. The number of hydrogen-bond donors (Lipinski definition) is 2. The Kier molecular flexibility index (Phi) is 6.80. The van der Waals surface area contributed by atoms with Gasteiger partial charge in [0.25, 0.3) is 5.91 Å². The Hall–Kier alpha value is -2.03. The number of carbonyl (C=O) groups excluding carboxylic acids is 1. The first-order chi connectivity index (χ1) is 12.7. The molecule has 0 atom stereocenters. The van der Waals surface area contributed by atoms with Crippen LogP contribution in [0.25, 0.3) is 0 Å². The Bertz CT molecular complexity index is 827. The fraction of sp³-hybridized carbons (Fsp3) is 0.429. The number of furan rings is 1. The van der Waals surface area contributed by atoms with Crippen LogP contribution in [0.1, 0.15) is 43.8 Å². The number of guanidine groups is 1.